The fraction of sp³-hybridized carbons (Fsp3) is 0.400. The van der Waals surface area contributed by atoms with Crippen molar-refractivity contribution in [3.8, 4) is 0 Å². The molecule has 1 rings (SSSR count). The molecule has 0 saturated heterocycles. The number of nitro groups is 1. The normalized spacial score (nSPS) is 11.4. The molecule has 4 nitrogen and oxygen atoms in total. The summed E-state index contributed by atoms with van der Waals surface area (Å²) in [5.74, 6) is 0. The molecule has 0 aromatic heterocycles. The van der Waals surface area contributed by atoms with Crippen LogP contribution in [0.1, 0.15) is 12.0 Å². The summed E-state index contributed by atoms with van der Waals surface area (Å²) in [5, 5.41) is 13.0. The maximum atomic E-state index is 12.0. The van der Waals surface area contributed by atoms with Gasteiger partial charge in [0.15, 0.2) is 0 Å². The first-order chi connectivity index (χ1) is 8.20. The summed E-state index contributed by atoms with van der Waals surface area (Å²) in [5.41, 5.74) is 0.554. The van der Waals surface area contributed by atoms with E-state index in [1.807, 2.05) is 0 Å². The van der Waals surface area contributed by atoms with Crippen LogP contribution in [0.4, 0.5) is 24.5 Å². The van der Waals surface area contributed by atoms with Crippen LogP contribution >= 0.6 is 11.6 Å². The van der Waals surface area contributed by atoms with E-state index in [9.17, 15) is 23.3 Å². The van der Waals surface area contributed by atoms with Crippen molar-refractivity contribution in [2.75, 3.05) is 11.9 Å². The van der Waals surface area contributed by atoms with E-state index < -0.39 is 17.5 Å². The van der Waals surface area contributed by atoms with Crippen LogP contribution in [0.25, 0.3) is 0 Å². The lowest BCUT2D eigenvalue weighted by Crippen LogP contribution is -2.15. The maximum absolute atomic E-state index is 12.0. The summed E-state index contributed by atoms with van der Waals surface area (Å²) in [6, 6.07) is 2.48. The van der Waals surface area contributed by atoms with Crippen LogP contribution in [0.15, 0.2) is 12.1 Å². The molecule has 0 spiro atoms. The van der Waals surface area contributed by atoms with Gasteiger partial charge in [-0.15, -0.1) is 0 Å². The van der Waals surface area contributed by atoms with Crippen molar-refractivity contribution in [2.45, 2.75) is 19.5 Å². The minimum absolute atomic E-state index is 0.111. The van der Waals surface area contributed by atoms with Crippen molar-refractivity contribution in [1.82, 2.24) is 0 Å². The molecule has 1 aromatic rings. The number of hydrogen-bond acceptors (Lipinski definition) is 3. The molecule has 0 fully saturated rings. The minimum Gasteiger partial charge on any atom is -0.384 e. The van der Waals surface area contributed by atoms with Crippen LogP contribution in [0.5, 0.6) is 0 Å². The summed E-state index contributed by atoms with van der Waals surface area (Å²) in [6.45, 7) is 1.25. The van der Waals surface area contributed by atoms with Gasteiger partial charge in [-0.2, -0.15) is 13.2 Å². The zero-order valence-electron chi connectivity index (χ0n) is 9.34. The molecule has 100 valence electrons. The zero-order chi connectivity index (χ0) is 13.9. The molecule has 0 heterocycles. The van der Waals surface area contributed by atoms with Crippen molar-refractivity contribution < 1.29 is 18.1 Å². The van der Waals surface area contributed by atoms with Gasteiger partial charge in [-0.3, -0.25) is 10.1 Å². The van der Waals surface area contributed by atoms with Gasteiger partial charge in [0.25, 0.3) is 5.69 Å². The number of hydrogen-bond donors (Lipinski definition) is 1. The van der Waals surface area contributed by atoms with E-state index in [1.54, 1.807) is 6.92 Å². The van der Waals surface area contributed by atoms with Crippen LogP contribution in [-0.4, -0.2) is 17.6 Å². The predicted molar refractivity (Wildman–Crippen MR) is 62.0 cm³/mol. The van der Waals surface area contributed by atoms with Crippen molar-refractivity contribution in [3.63, 3.8) is 0 Å². The summed E-state index contributed by atoms with van der Waals surface area (Å²) >= 11 is 5.66. The van der Waals surface area contributed by atoms with Crippen molar-refractivity contribution >= 4 is 23.0 Å². The molecule has 0 aliphatic heterocycles. The van der Waals surface area contributed by atoms with E-state index in [1.165, 1.54) is 12.1 Å². The molecule has 0 aliphatic rings. The Morgan fingerprint density at radius 2 is 2.06 bits per heavy atom. The number of rotatable bonds is 4. The highest BCUT2D eigenvalue weighted by Crippen LogP contribution is 2.30. The zero-order valence-corrected chi connectivity index (χ0v) is 10.1. The van der Waals surface area contributed by atoms with Crippen molar-refractivity contribution in [2.24, 2.45) is 0 Å². The fourth-order valence-electron chi connectivity index (χ4n) is 1.34. The highest BCUT2D eigenvalue weighted by Gasteiger charge is 2.26. The third-order valence-corrected chi connectivity index (χ3v) is 2.52. The number of halogens is 4. The van der Waals surface area contributed by atoms with E-state index in [0.717, 1.165) is 0 Å². The third-order valence-electron chi connectivity index (χ3n) is 2.21. The molecule has 18 heavy (non-hydrogen) atoms. The number of nitrogens with one attached hydrogen (secondary N) is 1. The lowest BCUT2D eigenvalue weighted by molar-refractivity contribution is -0.384. The van der Waals surface area contributed by atoms with Gasteiger partial charge in [-0.25, -0.2) is 0 Å². The lowest BCUT2D eigenvalue weighted by atomic mass is 10.1. The Kier molecular flexibility index (Phi) is 4.39. The summed E-state index contributed by atoms with van der Waals surface area (Å²) in [6.07, 6.45) is -5.23. The van der Waals surface area contributed by atoms with Gasteiger partial charge >= 0.3 is 6.18 Å². The minimum atomic E-state index is -4.24. The number of aryl methyl sites for hydroxylation is 1. The third kappa shape index (κ3) is 4.06. The van der Waals surface area contributed by atoms with Gasteiger partial charge in [0.05, 0.1) is 11.3 Å². The average Bonchev–Trinajstić information content (AvgIpc) is 2.20. The van der Waals surface area contributed by atoms with Crippen LogP contribution in [0, 0.1) is 17.0 Å². The Balaban J connectivity index is 2.79. The highest BCUT2D eigenvalue weighted by molar-refractivity contribution is 6.33. The SMILES string of the molecule is Cc1cc([N+](=O)[O-])c(Cl)cc1NCCC(F)(F)F. The molecule has 0 bridgehead atoms. The van der Waals surface area contributed by atoms with Crippen LogP contribution in [-0.2, 0) is 0 Å². The quantitative estimate of drug-likeness (QED) is 0.672. The van der Waals surface area contributed by atoms with Gasteiger partial charge in [0.2, 0.25) is 0 Å². The summed E-state index contributed by atoms with van der Waals surface area (Å²) in [7, 11) is 0. The number of anilines is 1. The van der Waals surface area contributed by atoms with Crippen LogP contribution in [0.3, 0.4) is 0 Å². The second-order valence-electron chi connectivity index (χ2n) is 3.67. The maximum Gasteiger partial charge on any atom is 0.390 e. The lowest BCUT2D eigenvalue weighted by Gasteiger charge is -2.11. The first-order valence-electron chi connectivity index (χ1n) is 4.96. The summed E-state index contributed by atoms with van der Waals surface area (Å²) < 4.78 is 35.9. The number of nitrogens with zero attached hydrogens (tertiary/aromatic N) is 1. The molecule has 0 atom stereocenters. The Hall–Kier alpha value is -1.50. The highest BCUT2D eigenvalue weighted by atomic mass is 35.5. The Morgan fingerprint density at radius 1 is 1.44 bits per heavy atom. The van der Waals surface area contributed by atoms with Gasteiger partial charge in [-0.05, 0) is 18.6 Å². The largest absolute Gasteiger partial charge is 0.390 e. The second kappa shape index (κ2) is 5.43. The summed E-state index contributed by atoms with van der Waals surface area (Å²) in [4.78, 5) is 9.94. The monoisotopic (exact) mass is 282 g/mol. The standard InChI is InChI=1S/C10H10ClF3N2O2/c1-6-4-9(16(17)18)7(11)5-8(6)15-3-2-10(12,13)14/h4-5,15H,2-3H2,1H3. The Morgan fingerprint density at radius 3 is 2.56 bits per heavy atom. The predicted octanol–water partition coefficient (Wildman–Crippen LogP) is 3.92. The number of nitro benzene ring substituents is 1. The van der Waals surface area contributed by atoms with E-state index in [0.29, 0.717) is 11.3 Å². The molecule has 0 saturated carbocycles. The van der Waals surface area contributed by atoms with Gasteiger partial charge in [0.1, 0.15) is 5.02 Å². The molecular formula is C10H10ClF3N2O2. The van der Waals surface area contributed by atoms with Gasteiger partial charge in [0, 0.05) is 18.3 Å². The molecule has 0 amide bonds. The molecule has 0 unspecified atom stereocenters. The number of benzene rings is 1. The molecule has 0 aliphatic carbocycles. The van der Waals surface area contributed by atoms with Crippen molar-refractivity contribution in [1.29, 1.82) is 0 Å². The molecule has 0 radical (unpaired) electrons. The van der Waals surface area contributed by atoms with Gasteiger partial charge in [-0.1, -0.05) is 11.6 Å². The fourth-order valence-corrected chi connectivity index (χ4v) is 1.57. The molecule has 8 heteroatoms. The average molecular weight is 283 g/mol. The Labute approximate surface area is 106 Å². The van der Waals surface area contributed by atoms with Crippen LogP contribution in [0.2, 0.25) is 5.02 Å². The van der Waals surface area contributed by atoms with Gasteiger partial charge < -0.3 is 5.32 Å². The topological polar surface area (TPSA) is 55.2 Å². The van der Waals surface area contributed by atoms with Crippen molar-refractivity contribution in [3.05, 3.63) is 32.8 Å². The van der Waals surface area contributed by atoms with E-state index in [-0.39, 0.29) is 17.3 Å². The first kappa shape index (κ1) is 14.6. The Bertz CT molecular complexity index is 463. The molecule has 1 aromatic carbocycles. The van der Waals surface area contributed by atoms with E-state index in [4.69, 9.17) is 11.6 Å². The number of alkyl halides is 3. The van der Waals surface area contributed by atoms with Crippen LogP contribution < -0.4 is 5.32 Å². The molecule has 1 N–H and O–H groups in total. The van der Waals surface area contributed by atoms with E-state index >= 15 is 0 Å². The molecular weight excluding hydrogens is 273 g/mol. The van der Waals surface area contributed by atoms with E-state index in [2.05, 4.69) is 5.32 Å². The first-order valence-corrected chi connectivity index (χ1v) is 5.33. The smallest absolute Gasteiger partial charge is 0.384 e. The second-order valence-corrected chi connectivity index (χ2v) is 4.07.